The van der Waals surface area contributed by atoms with E-state index in [9.17, 15) is 9.90 Å². The molecule has 0 unspecified atom stereocenters. The minimum absolute atomic E-state index is 0.322. The molecule has 2 rings (SSSR count). The van der Waals surface area contributed by atoms with Crippen LogP contribution in [0.3, 0.4) is 0 Å². The maximum absolute atomic E-state index is 11.3. The molecule has 5 heteroatoms. The van der Waals surface area contributed by atoms with Crippen LogP contribution in [0.5, 0.6) is 0 Å². The van der Waals surface area contributed by atoms with E-state index in [2.05, 4.69) is 16.8 Å². The Balaban J connectivity index is 2.13. The molecule has 0 radical (unpaired) electrons. The van der Waals surface area contributed by atoms with Crippen molar-refractivity contribution in [3.05, 3.63) is 23.4 Å². The number of aromatic nitrogens is 1. The van der Waals surface area contributed by atoms with E-state index < -0.39 is 5.97 Å². The van der Waals surface area contributed by atoms with Crippen LogP contribution in [-0.2, 0) is 11.2 Å². The van der Waals surface area contributed by atoms with Gasteiger partial charge >= 0.3 is 5.97 Å². The van der Waals surface area contributed by atoms with Gasteiger partial charge in [-0.1, -0.05) is 13.3 Å². The van der Waals surface area contributed by atoms with Crippen molar-refractivity contribution in [1.82, 2.24) is 4.98 Å². The van der Waals surface area contributed by atoms with E-state index in [1.54, 1.807) is 12.1 Å². The Kier molecular flexibility index (Phi) is 5.56. The van der Waals surface area contributed by atoms with Crippen molar-refractivity contribution in [2.75, 3.05) is 31.7 Å². The Morgan fingerprint density at radius 1 is 1.43 bits per heavy atom. The van der Waals surface area contributed by atoms with Gasteiger partial charge in [0, 0.05) is 32.5 Å². The third-order valence-corrected chi connectivity index (χ3v) is 3.88. The molecule has 2 heterocycles. The number of pyridine rings is 1. The molecule has 1 aliphatic rings. The molecule has 5 nitrogen and oxygen atoms in total. The van der Waals surface area contributed by atoms with Gasteiger partial charge in [-0.05, 0) is 37.3 Å². The maximum Gasteiger partial charge on any atom is 0.335 e. The first-order chi connectivity index (χ1) is 10.1. The summed E-state index contributed by atoms with van der Waals surface area (Å²) in [6.45, 7) is 4.61. The largest absolute Gasteiger partial charge is 0.478 e. The van der Waals surface area contributed by atoms with Crippen LogP contribution >= 0.6 is 0 Å². The van der Waals surface area contributed by atoms with E-state index in [4.69, 9.17) is 4.74 Å². The van der Waals surface area contributed by atoms with Gasteiger partial charge in [-0.25, -0.2) is 9.78 Å². The standard InChI is InChI=1S/C16H24N2O3/c1-3-4-14-9-13(16(19)20)10-15(17-14)18(2)11-12-5-7-21-8-6-12/h9-10,12H,3-8,11H2,1-2H3,(H,19,20). The average Bonchev–Trinajstić information content (AvgIpc) is 2.48. The third kappa shape index (κ3) is 4.43. The normalized spacial score (nSPS) is 15.9. The van der Waals surface area contributed by atoms with Crippen LogP contribution in [0.15, 0.2) is 12.1 Å². The average molecular weight is 292 g/mol. The fraction of sp³-hybridized carbons (Fsp3) is 0.625. The third-order valence-electron chi connectivity index (χ3n) is 3.88. The van der Waals surface area contributed by atoms with Crippen molar-refractivity contribution in [2.24, 2.45) is 5.92 Å². The lowest BCUT2D eigenvalue weighted by molar-refractivity contribution is 0.0685. The Morgan fingerprint density at radius 3 is 2.76 bits per heavy atom. The zero-order valence-corrected chi connectivity index (χ0v) is 12.8. The number of nitrogens with zero attached hydrogens (tertiary/aromatic N) is 2. The monoisotopic (exact) mass is 292 g/mol. The molecule has 0 bridgehead atoms. The van der Waals surface area contributed by atoms with Crippen molar-refractivity contribution >= 4 is 11.8 Å². The van der Waals surface area contributed by atoms with Gasteiger partial charge < -0.3 is 14.7 Å². The van der Waals surface area contributed by atoms with Crippen LogP contribution in [0, 0.1) is 5.92 Å². The van der Waals surface area contributed by atoms with Crippen molar-refractivity contribution < 1.29 is 14.6 Å². The fourth-order valence-corrected chi connectivity index (χ4v) is 2.68. The summed E-state index contributed by atoms with van der Waals surface area (Å²) in [5.74, 6) is 0.453. The fourth-order valence-electron chi connectivity index (χ4n) is 2.68. The molecule has 0 spiro atoms. The number of aryl methyl sites for hydroxylation is 1. The topological polar surface area (TPSA) is 62.7 Å². The highest BCUT2D eigenvalue weighted by Crippen LogP contribution is 2.20. The van der Waals surface area contributed by atoms with Crippen molar-refractivity contribution in [3.8, 4) is 0 Å². The van der Waals surface area contributed by atoms with E-state index >= 15 is 0 Å². The second kappa shape index (κ2) is 7.41. The summed E-state index contributed by atoms with van der Waals surface area (Å²) < 4.78 is 5.38. The van der Waals surface area contributed by atoms with Crippen LogP contribution in [0.2, 0.25) is 0 Å². The Bertz CT molecular complexity index is 484. The molecule has 0 atom stereocenters. The molecular formula is C16H24N2O3. The number of rotatable bonds is 6. The first-order valence-corrected chi connectivity index (χ1v) is 7.63. The minimum atomic E-state index is -0.893. The van der Waals surface area contributed by atoms with Crippen LogP contribution in [0.1, 0.15) is 42.2 Å². The van der Waals surface area contributed by atoms with Gasteiger partial charge in [0.2, 0.25) is 0 Å². The summed E-state index contributed by atoms with van der Waals surface area (Å²) in [6, 6.07) is 3.35. The van der Waals surface area contributed by atoms with Crippen molar-refractivity contribution in [2.45, 2.75) is 32.6 Å². The smallest absolute Gasteiger partial charge is 0.335 e. The van der Waals surface area contributed by atoms with Gasteiger partial charge in [-0.15, -0.1) is 0 Å². The quantitative estimate of drug-likeness (QED) is 0.873. The van der Waals surface area contributed by atoms with Gasteiger partial charge in [-0.2, -0.15) is 0 Å². The Hall–Kier alpha value is -1.62. The number of aromatic carboxylic acids is 1. The summed E-state index contributed by atoms with van der Waals surface area (Å²) in [4.78, 5) is 17.9. The Labute approximate surface area is 125 Å². The predicted molar refractivity (Wildman–Crippen MR) is 82.0 cm³/mol. The number of anilines is 1. The Morgan fingerprint density at radius 2 is 2.14 bits per heavy atom. The molecular weight excluding hydrogens is 268 g/mol. The number of carbonyl (C=O) groups is 1. The summed E-state index contributed by atoms with van der Waals surface area (Å²) in [6.07, 6.45) is 3.88. The molecule has 0 aromatic carbocycles. The molecule has 116 valence electrons. The summed E-state index contributed by atoms with van der Waals surface area (Å²) in [7, 11) is 1.99. The summed E-state index contributed by atoms with van der Waals surface area (Å²) in [5, 5.41) is 9.24. The van der Waals surface area contributed by atoms with Gasteiger partial charge in [0.25, 0.3) is 0 Å². The summed E-state index contributed by atoms with van der Waals surface area (Å²) in [5.41, 5.74) is 1.17. The predicted octanol–water partition coefficient (Wildman–Crippen LogP) is 2.60. The first-order valence-electron chi connectivity index (χ1n) is 7.63. The molecule has 0 amide bonds. The highest BCUT2D eigenvalue weighted by atomic mass is 16.5. The second-order valence-electron chi connectivity index (χ2n) is 5.70. The van der Waals surface area contributed by atoms with Crippen molar-refractivity contribution in [3.63, 3.8) is 0 Å². The lowest BCUT2D eigenvalue weighted by atomic mass is 10.00. The highest BCUT2D eigenvalue weighted by Gasteiger charge is 2.18. The number of hydrogen-bond donors (Lipinski definition) is 1. The minimum Gasteiger partial charge on any atom is -0.478 e. The summed E-state index contributed by atoms with van der Waals surface area (Å²) >= 11 is 0. The van der Waals surface area contributed by atoms with E-state index in [-0.39, 0.29) is 0 Å². The highest BCUT2D eigenvalue weighted by molar-refractivity contribution is 5.88. The SMILES string of the molecule is CCCc1cc(C(=O)O)cc(N(C)CC2CCOCC2)n1. The molecule has 1 N–H and O–H groups in total. The van der Waals surface area contributed by atoms with Crippen LogP contribution in [0.4, 0.5) is 5.82 Å². The molecule has 1 aromatic heterocycles. The van der Waals surface area contributed by atoms with Crippen LogP contribution in [-0.4, -0.2) is 42.9 Å². The molecule has 1 aromatic rings. The van der Waals surface area contributed by atoms with E-state index in [1.165, 1.54) is 0 Å². The molecule has 0 saturated carbocycles. The number of carboxylic acids is 1. The molecule has 1 saturated heterocycles. The zero-order chi connectivity index (χ0) is 15.2. The first kappa shape index (κ1) is 15.8. The molecule has 21 heavy (non-hydrogen) atoms. The molecule has 1 fully saturated rings. The lowest BCUT2D eigenvalue weighted by Gasteiger charge is -2.28. The van der Waals surface area contributed by atoms with E-state index in [0.29, 0.717) is 11.5 Å². The van der Waals surface area contributed by atoms with Crippen LogP contribution in [0.25, 0.3) is 0 Å². The number of ether oxygens (including phenoxy) is 1. The van der Waals surface area contributed by atoms with Crippen LogP contribution < -0.4 is 4.90 Å². The number of carboxylic acid groups (broad SMARTS) is 1. The second-order valence-corrected chi connectivity index (χ2v) is 5.70. The van der Waals surface area contributed by atoms with Gasteiger partial charge in [0.1, 0.15) is 5.82 Å². The van der Waals surface area contributed by atoms with E-state index in [0.717, 1.165) is 57.0 Å². The van der Waals surface area contributed by atoms with Gasteiger partial charge in [0.15, 0.2) is 0 Å². The molecule has 1 aliphatic heterocycles. The van der Waals surface area contributed by atoms with Gasteiger partial charge in [0.05, 0.1) is 5.56 Å². The molecule has 0 aliphatic carbocycles. The maximum atomic E-state index is 11.3. The van der Waals surface area contributed by atoms with E-state index in [1.807, 2.05) is 7.05 Å². The zero-order valence-electron chi connectivity index (χ0n) is 12.8. The van der Waals surface area contributed by atoms with Crippen molar-refractivity contribution in [1.29, 1.82) is 0 Å². The number of hydrogen-bond acceptors (Lipinski definition) is 4. The lowest BCUT2D eigenvalue weighted by Crippen LogP contribution is -2.30. The van der Waals surface area contributed by atoms with Gasteiger partial charge in [-0.3, -0.25) is 0 Å².